The average Bonchev–Trinajstić information content (AvgIpc) is 3.79. The molecule has 12 nitrogen and oxygen atoms in total. The third-order valence-electron chi connectivity index (χ3n) is 10.8. The first-order valence-corrected chi connectivity index (χ1v) is 19.4. The maximum atomic E-state index is 14.8. The molecule has 0 bridgehead atoms. The molecule has 4 atom stereocenters. The Morgan fingerprint density at radius 3 is 2.18 bits per heavy atom. The van der Waals surface area contributed by atoms with E-state index in [1.165, 1.54) is 4.90 Å². The Bertz CT molecular complexity index is 2140. The van der Waals surface area contributed by atoms with Crippen LogP contribution in [0.3, 0.4) is 0 Å². The van der Waals surface area contributed by atoms with Gasteiger partial charge in [-0.05, 0) is 57.9 Å². The van der Waals surface area contributed by atoms with Crippen LogP contribution in [0.4, 0.5) is 4.79 Å². The Kier molecular flexibility index (Phi) is 10.8. The van der Waals surface area contributed by atoms with Gasteiger partial charge in [-0.15, -0.1) is 0 Å². The first-order valence-electron chi connectivity index (χ1n) is 19.4. The number of oxime groups is 1. The van der Waals surface area contributed by atoms with Crippen molar-refractivity contribution >= 4 is 56.9 Å². The zero-order valence-electron chi connectivity index (χ0n) is 32.3. The van der Waals surface area contributed by atoms with Crippen LogP contribution in [0.5, 0.6) is 0 Å². The van der Waals surface area contributed by atoms with Crippen molar-refractivity contribution in [2.45, 2.75) is 103 Å². The molecule has 1 saturated carbocycles. The highest BCUT2D eigenvalue weighted by atomic mass is 16.7. The molecule has 292 valence electrons. The lowest BCUT2D eigenvalue weighted by atomic mass is 9.85. The lowest BCUT2D eigenvalue weighted by Gasteiger charge is -2.35. The van der Waals surface area contributed by atoms with Gasteiger partial charge in [0.1, 0.15) is 18.7 Å². The highest BCUT2D eigenvalue weighted by Crippen LogP contribution is 2.42. The van der Waals surface area contributed by atoms with Gasteiger partial charge in [0.15, 0.2) is 5.60 Å². The van der Waals surface area contributed by atoms with E-state index in [1.54, 1.807) is 0 Å². The Hall–Kier alpha value is -5.78. The molecule has 2 heterocycles. The van der Waals surface area contributed by atoms with E-state index in [0.29, 0.717) is 18.6 Å². The van der Waals surface area contributed by atoms with Gasteiger partial charge in [-0.3, -0.25) is 19.2 Å². The van der Waals surface area contributed by atoms with E-state index in [9.17, 15) is 24.0 Å². The van der Waals surface area contributed by atoms with Crippen LogP contribution >= 0.6 is 0 Å². The summed E-state index contributed by atoms with van der Waals surface area (Å²) in [4.78, 5) is 76.3. The molecule has 4 amide bonds. The maximum absolute atomic E-state index is 14.8. The van der Waals surface area contributed by atoms with Gasteiger partial charge in [0, 0.05) is 24.4 Å². The number of nitrogens with zero attached hydrogens (tertiary/aromatic N) is 2. The summed E-state index contributed by atoms with van der Waals surface area (Å²) in [7, 11) is 0. The average molecular weight is 760 g/mol. The van der Waals surface area contributed by atoms with Crippen LogP contribution in [-0.2, 0) is 35.4 Å². The van der Waals surface area contributed by atoms with Crippen molar-refractivity contribution in [3.8, 4) is 0 Å². The fraction of sp³-hybridized carbons (Fsp3) is 0.409. The number of Topliss-reactive ketones (excluding diaryl/α,β-unsaturated/α-hetero) is 1. The molecule has 2 fully saturated rings. The molecule has 0 unspecified atom stereocenters. The van der Waals surface area contributed by atoms with E-state index in [1.807, 2.05) is 94.4 Å². The van der Waals surface area contributed by atoms with Crippen LogP contribution < -0.4 is 16.0 Å². The quantitative estimate of drug-likeness (QED) is 0.120. The highest BCUT2D eigenvalue weighted by Gasteiger charge is 2.56. The minimum Gasteiger partial charge on any atom is -0.445 e. The molecular formula is C44H49N5O7. The predicted molar refractivity (Wildman–Crippen MR) is 213 cm³/mol. The number of rotatable bonds is 12. The smallest absolute Gasteiger partial charge is 0.408 e. The second kappa shape index (κ2) is 15.8. The van der Waals surface area contributed by atoms with E-state index in [2.05, 4.69) is 39.3 Å². The summed E-state index contributed by atoms with van der Waals surface area (Å²) in [6.45, 7) is 7.32. The highest BCUT2D eigenvalue weighted by molar-refractivity contribution is 6.38. The molecule has 4 aromatic carbocycles. The summed E-state index contributed by atoms with van der Waals surface area (Å²) < 4.78 is 5.51. The normalized spacial score (nSPS) is 20.2. The van der Waals surface area contributed by atoms with E-state index < -0.39 is 58.7 Å². The molecule has 3 aliphatic rings. The second-order valence-electron chi connectivity index (χ2n) is 16.3. The molecule has 0 aromatic heterocycles. The van der Waals surface area contributed by atoms with Crippen molar-refractivity contribution in [2.24, 2.45) is 10.6 Å². The Balaban J connectivity index is 1.18. The van der Waals surface area contributed by atoms with E-state index in [-0.39, 0.29) is 32.0 Å². The number of nitrogens with one attached hydrogen (secondary N) is 3. The number of likely N-dealkylation sites (tertiary alicyclic amines) is 1. The fourth-order valence-corrected chi connectivity index (χ4v) is 7.75. The number of carbonyl (C=O) groups excluding carboxylic acids is 5. The number of fused-ring (bicyclic) bond motifs is 2. The van der Waals surface area contributed by atoms with E-state index in [0.717, 1.165) is 45.5 Å². The standard InChI is InChI=1S/C44H49N5O7/c1-5-13-33(37(50)40(52)45-30-20-21-30)46-39(51)35-24-44(23-34(48-56-44)36-31-18-11-9-16-28(31)22-29-17-10-12-19-32(29)36)26-49(35)41(53)38(43(2,3)4)47-42(54)55-25-27-14-7-6-8-15-27/h6-12,14-19,22,30,33,35,38H,5,13,20-21,23-26H2,1-4H3,(H,45,52)(H,46,51)(H,47,54)/t33-,35-,38+,44+/m0/s1. The number of hydrogen-bond donors (Lipinski definition) is 3. The first-order chi connectivity index (χ1) is 26.9. The summed E-state index contributed by atoms with van der Waals surface area (Å²) in [5.74, 6) is -2.55. The molecule has 12 heteroatoms. The third kappa shape index (κ3) is 8.24. The summed E-state index contributed by atoms with van der Waals surface area (Å²) >= 11 is 0. The minimum absolute atomic E-state index is 0.00750. The van der Waals surface area contributed by atoms with E-state index in [4.69, 9.17) is 9.57 Å². The molecule has 1 saturated heterocycles. The molecule has 2 aliphatic heterocycles. The van der Waals surface area contributed by atoms with Crippen LogP contribution in [0.1, 0.15) is 77.3 Å². The Labute approximate surface area is 326 Å². The summed E-state index contributed by atoms with van der Waals surface area (Å²) in [5.41, 5.74) is 0.509. The van der Waals surface area contributed by atoms with Crippen LogP contribution in [0.15, 0.2) is 90.1 Å². The Morgan fingerprint density at radius 2 is 1.55 bits per heavy atom. The van der Waals surface area contributed by atoms with Gasteiger partial charge in [-0.2, -0.15) is 0 Å². The number of benzene rings is 4. The predicted octanol–water partition coefficient (Wildman–Crippen LogP) is 5.93. The van der Waals surface area contributed by atoms with Gasteiger partial charge in [0.25, 0.3) is 5.91 Å². The molecule has 1 aliphatic carbocycles. The van der Waals surface area contributed by atoms with Gasteiger partial charge in [-0.25, -0.2) is 4.79 Å². The first kappa shape index (κ1) is 38.5. The number of hydrogen-bond acceptors (Lipinski definition) is 8. The number of amides is 4. The van der Waals surface area contributed by atoms with Gasteiger partial charge >= 0.3 is 6.09 Å². The topological polar surface area (TPSA) is 156 Å². The molecular weight excluding hydrogens is 711 g/mol. The SMILES string of the molecule is CCC[C@H](NC(=O)[C@@H]1C[C@]2(CC(c3c4ccccc4cc4ccccc34)=NO2)CN1C(=O)[C@@H](NC(=O)OCc1ccccc1)C(C)(C)C)C(=O)C(=O)NC1CC1. The van der Waals surface area contributed by atoms with Crippen molar-refractivity contribution in [1.29, 1.82) is 0 Å². The molecule has 4 aromatic rings. The molecule has 56 heavy (non-hydrogen) atoms. The lowest BCUT2D eigenvalue weighted by Crippen LogP contribution is -2.59. The van der Waals surface area contributed by atoms with Gasteiger partial charge in [-0.1, -0.05) is 118 Å². The van der Waals surface area contributed by atoms with Crippen molar-refractivity contribution in [2.75, 3.05) is 6.54 Å². The molecule has 3 N–H and O–H groups in total. The number of alkyl carbamates (subject to hydrolysis) is 1. The van der Waals surface area contributed by atoms with E-state index >= 15 is 0 Å². The van der Waals surface area contributed by atoms with Crippen LogP contribution in [0.2, 0.25) is 0 Å². The third-order valence-corrected chi connectivity index (χ3v) is 10.8. The fourth-order valence-electron chi connectivity index (χ4n) is 7.75. The van der Waals surface area contributed by atoms with Crippen molar-refractivity contribution in [3.63, 3.8) is 0 Å². The van der Waals surface area contributed by atoms with Gasteiger partial charge in [0.05, 0.1) is 18.3 Å². The number of carbonyl (C=O) groups is 5. The summed E-state index contributed by atoms with van der Waals surface area (Å²) in [5, 5.41) is 17.1. The molecule has 1 spiro atoms. The number of ether oxygens (including phenoxy) is 1. The molecule has 7 rings (SSSR count). The molecule has 0 radical (unpaired) electrons. The minimum atomic E-state index is -1.10. The zero-order valence-corrected chi connectivity index (χ0v) is 32.3. The largest absolute Gasteiger partial charge is 0.445 e. The van der Waals surface area contributed by atoms with Crippen molar-refractivity contribution in [3.05, 3.63) is 96.1 Å². The van der Waals surface area contributed by atoms with Crippen LogP contribution in [0.25, 0.3) is 21.5 Å². The van der Waals surface area contributed by atoms with Gasteiger partial charge < -0.3 is 30.4 Å². The summed E-state index contributed by atoms with van der Waals surface area (Å²) in [6.07, 6.45) is 1.98. The van der Waals surface area contributed by atoms with Crippen molar-refractivity contribution < 1.29 is 33.5 Å². The van der Waals surface area contributed by atoms with Gasteiger partial charge in [0.2, 0.25) is 17.6 Å². The maximum Gasteiger partial charge on any atom is 0.408 e. The summed E-state index contributed by atoms with van der Waals surface area (Å²) in [6, 6.07) is 24.2. The second-order valence-corrected chi connectivity index (χ2v) is 16.3. The zero-order chi connectivity index (χ0) is 39.6. The Morgan fingerprint density at radius 1 is 0.911 bits per heavy atom. The lowest BCUT2D eigenvalue weighted by molar-refractivity contribution is -0.144. The number of ketones is 1. The van der Waals surface area contributed by atoms with Crippen LogP contribution in [0, 0.1) is 5.41 Å². The monoisotopic (exact) mass is 759 g/mol. The van der Waals surface area contributed by atoms with Crippen molar-refractivity contribution in [1.82, 2.24) is 20.9 Å². The van der Waals surface area contributed by atoms with Crippen LogP contribution in [-0.4, -0.2) is 76.5 Å².